The average molecular weight is 432 g/mol. The fourth-order valence-electron chi connectivity index (χ4n) is 3.54. The van der Waals surface area contributed by atoms with E-state index in [1.165, 1.54) is 18.2 Å². The highest BCUT2D eigenvalue weighted by molar-refractivity contribution is 7.99. The Morgan fingerprint density at radius 2 is 1.87 bits per heavy atom. The Labute approximate surface area is 181 Å². The molecule has 1 heterocycles. The van der Waals surface area contributed by atoms with Crippen molar-refractivity contribution >= 4 is 23.7 Å². The van der Waals surface area contributed by atoms with E-state index in [4.69, 9.17) is 4.74 Å². The second-order valence-corrected chi connectivity index (χ2v) is 8.59. The highest BCUT2D eigenvalue weighted by Gasteiger charge is 2.20. The molecular formula is C21H29N5O3S. The highest BCUT2D eigenvalue weighted by atomic mass is 32.2. The number of thioether (sulfide) groups is 1. The quantitative estimate of drug-likeness (QED) is 0.648. The Morgan fingerprint density at radius 1 is 1.17 bits per heavy atom. The molecule has 2 N–H and O–H groups in total. The molecule has 0 aliphatic heterocycles. The number of nitrogens with zero attached hydrogens (tertiary/aromatic N) is 3. The van der Waals surface area contributed by atoms with Gasteiger partial charge in [0.15, 0.2) is 11.0 Å². The van der Waals surface area contributed by atoms with Crippen molar-refractivity contribution in [1.82, 2.24) is 25.4 Å². The van der Waals surface area contributed by atoms with Crippen LogP contribution in [0.15, 0.2) is 29.4 Å². The zero-order valence-corrected chi connectivity index (χ0v) is 18.5. The van der Waals surface area contributed by atoms with E-state index in [-0.39, 0.29) is 23.7 Å². The summed E-state index contributed by atoms with van der Waals surface area (Å²) in [5.74, 6) is 1.24. The first-order chi connectivity index (χ1) is 14.5. The number of hydrogen-bond acceptors (Lipinski definition) is 6. The first-order valence-electron chi connectivity index (χ1n) is 10.3. The number of rotatable bonds is 7. The summed E-state index contributed by atoms with van der Waals surface area (Å²) in [5, 5.41) is 14.5. The van der Waals surface area contributed by atoms with E-state index in [1.807, 2.05) is 42.7 Å². The third kappa shape index (κ3) is 5.75. The maximum atomic E-state index is 12.2. The molecule has 0 unspecified atom stereocenters. The van der Waals surface area contributed by atoms with Gasteiger partial charge in [0, 0.05) is 17.6 Å². The third-order valence-electron chi connectivity index (χ3n) is 5.05. The lowest BCUT2D eigenvalue weighted by Gasteiger charge is -2.22. The van der Waals surface area contributed by atoms with Crippen LogP contribution < -0.4 is 15.4 Å². The molecule has 0 atom stereocenters. The summed E-state index contributed by atoms with van der Waals surface area (Å²) in [7, 11) is 1.63. The van der Waals surface area contributed by atoms with Crippen molar-refractivity contribution in [2.24, 2.45) is 0 Å². The molecule has 1 aromatic heterocycles. The Hall–Kier alpha value is -2.55. The number of carbonyl (C=O) groups excluding carboxylic acids is 2. The molecule has 30 heavy (non-hydrogen) atoms. The van der Waals surface area contributed by atoms with Gasteiger partial charge in [-0.3, -0.25) is 14.7 Å². The maximum absolute atomic E-state index is 12.2. The summed E-state index contributed by atoms with van der Waals surface area (Å²) in [6.07, 6.45) is 5.40. The molecule has 9 heteroatoms. The average Bonchev–Trinajstić information content (AvgIpc) is 3.17. The number of urea groups is 1. The summed E-state index contributed by atoms with van der Waals surface area (Å²) in [6, 6.07) is 7.46. The van der Waals surface area contributed by atoms with Gasteiger partial charge in [-0.15, -0.1) is 10.2 Å². The number of benzene rings is 1. The zero-order chi connectivity index (χ0) is 21.5. The maximum Gasteiger partial charge on any atom is 0.321 e. The number of carbonyl (C=O) groups is 2. The molecule has 1 saturated carbocycles. The first-order valence-corrected chi connectivity index (χ1v) is 11.3. The zero-order valence-electron chi connectivity index (χ0n) is 17.7. The second kappa shape index (κ2) is 10.5. The van der Waals surface area contributed by atoms with Gasteiger partial charge in [-0.25, -0.2) is 4.79 Å². The van der Waals surface area contributed by atoms with Crippen LogP contribution in [0, 0.1) is 0 Å². The summed E-state index contributed by atoms with van der Waals surface area (Å²) in [6.45, 7) is 4.08. The van der Waals surface area contributed by atoms with Crippen LogP contribution in [0.3, 0.4) is 0 Å². The normalized spacial score (nSPS) is 14.5. The van der Waals surface area contributed by atoms with E-state index in [2.05, 4.69) is 20.8 Å². The van der Waals surface area contributed by atoms with Gasteiger partial charge in [0.1, 0.15) is 5.75 Å². The van der Waals surface area contributed by atoms with Crippen LogP contribution in [-0.2, 0) is 4.79 Å². The minimum atomic E-state index is -0.420. The molecule has 1 aliphatic carbocycles. The van der Waals surface area contributed by atoms with Crippen LogP contribution in [0.2, 0.25) is 0 Å². The molecule has 3 rings (SSSR count). The van der Waals surface area contributed by atoms with Crippen molar-refractivity contribution in [2.45, 2.75) is 63.2 Å². The Balaban J connectivity index is 1.59. The summed E-state index contributed by atoms with van der Waals surface area (Å²) >= 11 is 1.27. The monoisotopic (exact) mass is 431 g/mol. The van der Waals surface area contributed by atoms with Crippen LogP contribution in [0.25, 0.3) is 11.4 Å². The summed E-state index contributed by atoms with van der Waals surface area (Å²) < 4.78 is 7.20. The van der Waals surface area contributed by atoms with E-state index in [9.17, 15) is 9.59 Å². The topological polar surface area (TPSA) is 98.1 Å². The Kier molecular flexibility index (Phi) is 7.73. The molecule has 0 bridgehead atoms. The standard InChI is InChI=1S/C21H29N5O3S/c1-14(2)26-19(15-9-11-17(29-3)12-10-15)24-25-21(26)30-13-18(27)23-20(28)22-16-7-5-4-6-8-16/h9-12,14,16H,4-8,13H2,1-3H3,(H2,22,23,27,28). The molecule has 0 saturated heterocycles. The molecule has 0 radical (unpaired) electrons. The molecule has 0 spiro atoms. The van der Waals surface area contributed by atoms with Gasteiger partial charge in [-0.2, -0.15) is 0 Å². The molecule has 1 aliphatic rings. The van der Waals surface area contributed by atoms with Crippen LogP contribution in [0.5, 0.6) is 5.75 Å². The number of methoxy groups -OCH3 is 1. The molecule has 8 nitrogen and oxygen atoms in total. The number of imide groups is 1. The second-order valence-electron chi connectivity index (χ2n) is 7.64. The molecular weight excluding hydrogens is 402 g/mol. The van der Waals surface area contributed by atoms with E-state index < -0.39 is 6.03 Å². The lowest BCUT2D eigenvalue weighted by atomic mass is 9.96. The van der Waals surface area contributed by atoms with Crippen LogP contribution in [0.4, 0.5) is 4.79 Å². The van der Waals surface area contributed by atoms with Gasteiger partial charge in [-0.05, 0) is 51.0 Å². The van der Waals surface area contributed by atoms with Crippen molar-refractivity contribution < 1.29 is 14.3 Å². The number of ether oxygens (including phenoxy) is 1. The predicted octanol–water partition coefficient (Wildman–Crippen LogP) is 3.79. The predicted molar refractivity (Wildman–Crippen MR) is 117 cm³/mol. The molecule has 1 aromatic carbocycles. The minimum absolute atomic E-state index is 0.0888. The SMILES string of the molecule is COc1ccc(-c2nnc(SCC(=O)NC(=O)NC3CCCCC3)n2C(C)C)cc1. The van der Waals surface area contributed by atoms with E-state index in [0.29, 0.717) is 5.16 Å². The van der Waals surface area contributed by atoms with E-state index in [0.717, 1.165) is 42.8 Å². The number of hydrogen-bond donors (Lipinski definition) is 2. The Morgan fingerprint density at radius 3 is 2.50 bits per heavy atom. The Bertz CT molecular complexity index is 860. The summed E-state index contributed by atoms with van der Waals surface area (Å²) in [4.78, 5) is 24.3. The molecule has 1 fully saturated rings. The lowest BCUT2D eigenvalue weighted by Crippen LogP contribution is -2.45. The third-order valence-corrected chi connectivity index (χ3v) is 6.00. The van der Waals surface area contributed by atoms with Crippen LogP contribution in [-0.4, -0.2) is 45.6 Å². The van der Waals surface area contributed by atoms with Crippen LogP contribution >= 0.6 is 11.8 Å². The molecule has 3 amide bonds. The van der Waals surface area contributed by atoms with Crippen molar-refractivity contribution in [3.05, 3.63) is 24.3 Å². The molecule has 162 valence electrons. The largest absolute Gasteiger partial charge is 0.497 e. The lowest BCUT2D eigenvalue weighted by molar-refractivity contribution is -0.117. The van der Waals surface area contributed by atoms with Crippen molar-refractivity contribution in [3.63, 3.8) is 0 Å². The number of nitrogens with one attached hydrogen (secondary N) is 2. The van der Waals surface area contributed by atoms with E-state index in [1.54, 1.807) is 7.11 Å². The smallest absolute Gasteiger partial charge is 0.321 e. The highest BCUT2D eigenvalue weighted by Crippen LogP contribution is 2.28. The number of amides is 3. The van der Waals surface area contributed by atoms with Gasteiger partial charge in [0.05, 0.1) is 12.9 Å². The minimum Gasteiger partial charge on any atom is -0.497 e. The van der Waals surface area contributed by atoms with Gasteiger partial charge in [0.25, 0.3) is 0 Å². The van der Waals surface area contributed by atoms with Gasteiger partial charge in [0.2, 0.25) is 5.91 Å². The first kappa shape index (κ1) is 22.1. The summed E-state index contributed by atoms with van der Waals surface area (Å²) in [5.41, 5.74) is 0.917. The fourth-order valence-corrected chi connectivity index (χ4v) is 4.41. The fraction of sp³-hybridized carbons (Fsp3) is 0.524. The molecule has 2 aromatic rings. The van der Waals surface area contributed by atoms with Crippen molar-refractivity contribution in [1.29, 1.82) is 0 Å². The van der Waals surface area contributed by atoms with Crippen molar-refractivity contribution in [3.8, 4) is 17.1 Å². The van der Waals surface area contributed by atoms with Gasteiger partial charge < -0.3 is 10.1 Å². The van der Waals surface area contributed by atoms with Crippen LogP contribution in [0.1, 0.15) is 52.0 Å². The van der Waals surface area contributed by atoms with Crippen molar-refractivity contribution in [2.75, 3.05) is 12.9 Å². The van der Waals surface area contributed by atoms with E-state index >= 15 is 0 Å². The van der Waals surface area contributed by atoms with Gasteiger partial charge in [-0.1, -0.05) is 31.0 Å². The number of aromatic nitrogens is 3. The van der Waals surface area contributed by atoms with Gasteiger partial charge >= 0.3 is 6.03 Å².